The molecule has 0 radical (unpaired) electrons. The van der Waals surface area contributed by atoms with Crippen LogP contribution in [0.4, 0.5) is 5.69 Å². The van der Waals surface area contributed by atoms with Gasteiger partial charge in [-0.25, -0.2) is 8.42 Å². The molecule has 1 aliphatic rings. The Balaban J connectivity index is 2.06. The first-order valence-corrected chi connectivity index (χ1v) is 9.65. The molecule has 7 heteroatoms. The number of sulfonamides is 1. The fourth-order valence-corrected chi connectivity index (χ4v) is 3.88. The second kappa shape index (κ2) is 6.64. The lowest BCUT2D eigenvalue weighted by Gasteiger charge is -2.35. The molecule has 118 valence electrons. The van der Waals surface area contributed by atoms with E-state index in [0.29, 0.717) is 26.2 Å². The number of nitrogens with zero attached hydrogens (tertiary/aromatic N) is 2. The Morgan fingerprint density at radius 2 is 1.90 bits per heavy atom. The maximum Gasteiger partial charge on any atom is 0.211 e. The molecule has 0 saturated carbocycles. The van der Waals surface area contributed by atoms with Gasteiger partial charge in [0.05, 0.1) is 6.26 Å². The lowest BCUT2D eigenvalue weighted by molar-refractivity contribution is 0.388. The Labute approximate surface area is 135 Å². The first-order valence-electron chi connectivity index (χ1n) is 7.01. The molecule has 21 heavy (non-hydrogen) atoms. The van der Waals surface area contributed by atoms with E-state index in [1.165, 1.54) is 16.1 Å². The molecule has 1 aliphatic heterocycles. The van der Waals surface area contributed by atoms with E-state index >= 15 is 0 Å². The van der Waals surface area contributed by atoms with Crippen LogP contribution in [-0.4, -0.2) is 51.2 Å². The minimum Gasteiger partial charge on any atom is -0.369 e. The van der Waals surface area contributed by atoms with Gasteiger partial charge in [-0.2, -0.15) is 4.31 Å². The molecule has 1 atom stereocenters. The summed E-state index contributed by atoms with van der Waals surface area (Å²) in [5, 5.41) is 0. The average Bonchev–Trinajstić information content (AvgIpc) is 2.40. The molecule has 1 heterocycles. The van der Waals surface area contributed by atoms with Crippen LogP contribution < -0.4 is 10.6 Å². The van der Waals surface area contributed by atoms with Gasteiger partial charge in [0.25, 0.3) is 0 Å². The van der Waals surface area contributed by atoms with Gasteiger partial charge in [0.15, 0.2) is 0 Å². The molecule has 0 spiro atoms. The van der Waals surface area contributed by atoms with E-state index in [1.807, 2.05) is 6.92 Å². The maximum absolute atomic E-state index is 11.5. The molecule has 1 aromatic carbocycles. The summed E-state index contributed by atoms with van der Waals surface area (Å²) in [5.74, 6) is 0. The van der Waals surface area contributed by atoms with Gasteiger partial charge in [-0.3, -0.25) is 0 Å². The third-order valence-corrected chi connectivity index (χ3v) is 5.69. The monoisotopic (exact) mass is 375 g/mol. The highest BCUT2D eigenvalue weighted by molar-refractivity contribution is 9.10. The Kier molecular flexibility index (Phi) is 5.29. The number of benzene rings is 1. The fourth-order valence-electron chi connectivity index (χ4n) is 2.52. The molecule has 0 amide bonds. The summed E-state index contributed by atoms with van der Waals surface area (Å²) < 4.78 is 25.6. The zero-order valence-electron chi connectivity index (χ0n) is 12.4. The van der Waals surface area contributed by atoms with Crippen LogP contribution in [0.3, 0.4) is 0 Å². The van der Waals surface area contributed by atoms with Crippen molar-refractivity contribution in [3.8, 4) is 0 Å². The van der Waals surface area contributed by atoms with Crippen LogP contribution >= 0.6 is 15.9 Å². The van der Waals surface area contributed by atoms with Crippen molar-refractivity contribution in [2.45, 2.75) is 19.4 Å². The minimum atomic E-state index is -3.08. The summed E-state index contributed by atoms with van der Waals surface area (Å²) in [4.78, 5) is 2.21. The number of halogens is 1. The summed E-state index contributed by atoms with van der Waals surface area (Å²) in [5.41, 5.74) is 8.15. The van der Waals surface area contributed by atoms with E-state index in [2.05, 4.69) is 39.0 Å². The molecular formula is C14H22BrN3O2S. The molecule has 1 fully saturated rings. The smallest absolute Gasteiger partial charge is 0.211 e. The van der Waals surface area contributed by atoms with E-state index in [-0.39, 0.29) is 6.04 Å². The summed E-state index contributed by atoms with van der Waals surface area (Å²) in [6.07, 6.45) is 2.10. The number of nitrogens with two attached hydrogens (primary N) is 1. The van der Waals surface area contributed by atoms with Crippen molar-refractivity contribution in [3.63, 3.8) is 0 Å². The lowest BCUT2D eigenvalue weighted by atomic mass is 10.1. The Bertz CT molecular complexity index is 596. The highest BCUT2D eigenvalue weighted by Crippen LogP contribution is 2.26. The Hall–Kier alpha value is -0.630. The molecule has 2 N–H and O–H groups in total. The Morgan fingerprint density at radius 3 is 2.38 bits per heavy atom. The Morgan fingerprint density at radius 1 is 1.29 bits per heavy atom. The van der Waals surface area contributed by atoms with Crippen molar-refractivity contribution in [1.82, 2.24) is 4.31 Å². The largest absolute Gasteiger partial charge is 0.369 e. The summed E-state index contributed by atoms with van der Waals surface area (Å²) >= 11 is 3.60. The maximum atomic E-state index is 11.5. The lowest BCUT2D eigenvalue weighted by Crippen LogP contribution is -2.48. The van der Waals surface area contributed by atoms with Gasteiger partial charge in [0, 0.05) is 42.4 Å². The zero-order chi connectivity index (χ0) is 15.6. The average molecular weight is 376 g/mol. The van der Waals surface area contributed by atoms with Crippen LogP contribution in [0.5, 0.6) is 0 Å². The zero-order valence-corrected chi connectivity index (χ0v) is 14.8. The van der Waals surface area contributed by atoms with Crippen molar-refractivity contribution < 1.29 is 8.42 Å². The van der Waals surface area contributed by atoms with Crippen molar-refractivity contribution in [2.75, 3.05) is 37.3 Å². The minimum absolute atomic E-state index is 0.130. The van der Waals surface area contributed by atoms with Crippen LogP contribution in [0, 0.1) is 0 Å². The van der Waals surface area contributed by atoms with Crippen LogP contribution in [0.1, 0.15) is 12.5 Å². The number of rotatable bonds is 4. The van der Waals surface area contributed by atoms with E-state index in [9.17, 15) is 8.42 Å². The number of anilines is 1. The standard InChI is InChI=1S/C14H22BrN3O2S/c1-11(16)9-12-3-4-13(10-14(12)15)17-5-7-18(8-6-17)21(2,19)20/h3-4,10-11H,5-9,16H2,1-2H3. The molecule has 1 aromatic rings. The second-order valence-electron chi connectivity index (χ2n) is 5.61. The van der Waals surface area contributed by atoms with E-state index in [0.717, 1.165) is 16.6 Å². The normalized spacial score (nSPS) is 18.8. The van der Waals surface area contributed by atoms with E-state index in [1.54, 1.807) is 0 Å². The van der Waals surface area contributed by atoms with Gasteiger partial charge >= 0.3 is 0 Å². The van der Waals surface area contributed by atoms with Crippen molar-refractivity contribution in [1.29, 1.82) is 0 Å². The molecule has 1 unspecified atom stereocenters. The number of piperazine rings is 1. The number of hydrogen-bond acceptors (Lipinski definition) is 4. The third kappa shape index (κ3) is 4.42. The van der Waals surface area contributed by atoms with E-state index in [4.69, 9.17) is 5.73 Å². The van der Waals surface area contributed by atoms with Crippen molar-refractivity contribution in [3.05, 3.63) is 28.2 Å². The summed E-state index contributed by atoms with van der Waals surface area (Å²) in [7, 11) is -3.08. The highest BCUT2D eigenvalue weighted by atomic mass is 79.9. The van der Waals surface area contributed by atoms with Gasteiger partial charge in [-0.15, -0.1) is 0 Å². The van der Waals surface area contributed by atoms with Crippen LogP contribution in [-0.2, 0) is 16.4 Å². The molecule has 1 saturated heterocycles. The first kappa shape index (κ1) is 16.7. The quantitative estimate of drug-likeness (QED) is 0.863. The summed E-state index contributed by atoms with van der Waals surface area (Å²) in [6, 6.07) is 6.39. The second-order valence-corrected chi connectivity index (χ2v) is 8.44. The van der Waals surface area contributed by atoms with Crippen LogP contribution in [0.25, 0.3) is 0 Å². The van der Waals surface area contributed by atoms with Crippen molar-refractivity contribution >= 4 is 31.6 Å². The van der Waals surface area contributed by atoms with Crippen LogP contribution in [0.15, 0.2) is 22.7 Å². The SMILES string of the molecule is CC(N)Cc1ccc(N2CCN(S(C)(=O)=O)CC2)cc1Br. The van der Waals surface area contributed by atoms with Crippen LogP contribution in [0.2, 0.25) is 0 Å². The van der Waals surface area contributed by atoms with Gasteiger partial charge < -0.3 is 10.6 Å². The predicted octanol–water partition coefficient (Wildman–Crippen LogP) is 1.42. The topological polar surface area (TPSA) is 66.6 Å². The van der Waals surface area contributed by atoms with Gasteiger partial charge in [0.1, 0.15) is 0 Å². The fraction of sp³-hybridized carbons (Fsp3) is 0.571. The van der Waals surface area contributed by atoms with Crippen molar-refractivity contribution in [2.24, 2.45) is 5.73 Å². The molecule has 0 aliphatic carbocycles. The predicted molar refractivity (Wildman–Crippen MR) is 90.1 cm³/mol. The first-order chi connectivity index (χ1) is 9.77. The highest BCUT2D eigenvalue weighted by Gasteiger charge is 2.23. The van der Waals surface area contributed by atoms with E-state index < -0.39 is 10.0 Å². The molecule has 5 nitrogen and oxygen atoms in total. The van der Waals surface area contributed by atoms with Gasteiger partial charge in [-0.1, -0.05) is 22.0 Å². The molecular weight excluding hydrogens is 354 g/mol. The summed E-state index contributed by atoms with van der Waals surface area (Å²) in [6.45, 7) is 4.50. The molecule has 0 aromatic heterocycles. The molecule has 2 rings (SSSR count). The number of hydrogen-bond donors (Lipinski definition) is 1. The third-order valence-electron chi connectivity index (χ3n) is 3.65. The van der Waals surface area contributed by atoms with Gasteiger partial charge in [0.2, 0.25) is 10.0 Å². The molecule has 0 bridgehead atoms. The van der Waals surface area contributed by atoms with Gasteiger partial charge in [-0.05, 0) is 31.0 Å².